The second kappa shape index (κ2) is 11.9. The van der Waals surface area contributed by atoms with Crippen LogP contribution in [0.4, 0.5) is 22.0 Å². The molecule has 11 heteroatoms. The Bertz CT molecular complexity index is 1240. The van der Waals surface area contributed by atoms with Gasteiger partial charge in [0.2, 0.25) is 11.8 Å². The van der Waals surface area contributed by atoms with Crippen LogP contribution in [0.15, 0.2) is 42.5 Å². The summed E-state index contributed by atoms with van der Waals surface area (Å²) in [5.74, 6) is -3.37. The second-order valence-electron chi connectivity index (χ2n) is 10.7. The monoisotopic (exact) mass is 565 g/mol. The highest BCUT2D eigenvalue weighted by atomic mass is 19.4. The molecule has 1 N–H and O–H groups in total. The fraction of sp³-hybridized carbons (Fsp3) is 0.483. The van der Waals surface area contributed by atoms with Crippen LogP contribution in [0.3, 0.4) is 0 Å². The van der Waals surface area contributed by atoms with Crippen molar-refractivity contribution in [2.45, 2.75) is 63.2 Å². The summed E-state index contributed by atoms with van der Waals surface area (Å²) in [6, 6.07) is 7.43. The Morgan fingerprint density at radius 1 is 0.950 bits per heavy atom. The SMILES string of the molecule is CC(=O)NC1CCC(C(=O)N2CCC(N(C)C(=O)c3ccc(F)c(C(F)(F)F)c3)C(c3ccc(F)cc3)C2)CC1. The lowest BCUT2D eigenvalue weighted by Crippen LogP contribution is -2.53. The predicted octanol–water partition coefficient (Wildman–Crippen LogP) is 5.14. The molecule has 2 aromatic carbocycles. The van der Waals surface area contributed by atoms with Crippen molar-refractivity contribution in [3.8, 4) is 0 Å². The molecule has 2 fully saturated rings. The molecule has 0 bridgehead atoms. The number of nitrogens with zero attached hydrogens (tertiary/aromatic N) is 2. The van der Waals surface area contributed by atoms with E-state index in [-0.39, 0.29) is 35.9 Å². The van der Waals surface area contributed by atoms with Gasteiger partial charge in [-0.2, -0.15) is 13.2 Å². The van der Waals surface area contributed by atoms with Gasteiger partial charge in [-0.3, -0.25) is 14.4 Å². The zero-order chi connectivity index (χ0) is 29.2. The zero-order valence-corrected chi connectivity index (χ0v) is 22.3. The van der Waals surface area contributed by atoms with Gasteiger partial charge in [0.1, 0.15) is 11.6 Å². The van der Waals surface area contributed by atoms with Crippen LogP contribution in [-0.4, -0.2) is 59.7 Å². The first kappa shape index (κ1) is 29.5. The van der Waals surface area contributed by atoms with E-state index in [1.807, 2.05) is 0 Å². The number of hydrogen-bond donors (Lipinski definition) is 1. The normalized spacial score (nSPS) is 23.4. The number of alkyl halides is 3. The third-order valence-electron chi connectivity index (χ3n) is 8.01. The summed E-state index contributed by atoms with van der Waals surface area (Å²) < 4.78 is 67.3. The molecule has 2 aliphatic rings. The van der Waals surface area contributed by atoms with Gasteiger partial charge in [-0.05, 0) is 68.0 Å². The van der Waals surface area contributed by atoms with Gasteiger partial charge in [-0.1, -0.05) is 12.1 Å². The summed E-state index contributed by atoms with van der Waals surface area (Å²) >= 11 is 0. The molecule has 216 valence electrons. The summed E-state index contributed by atoms with van der Waals surface area (Å²) in [6.07, 6.45) is -1.94. The van der Waals surface area contributed by atoms with E-state index in [2.05, 4.69) is 5.32 Å². The van der Waals surface area contributed by atoms with E-state index in [1.54, 1.807) is 17.0 Å². The number of halogens is 5. The minimum absolute atomic E-state index is 0.0193. The highest BCUT2D eigenvalue weighted by Gasteiger charge is 2.40. The van der Waals surface area contributed by atoms with Crippen LogP contribution in [0, 0.1) is 17.6 Å². The number of hydrogen-bond acceptors (Lipinski definition) is 3. The summed E-state index contributed by atoms with van der Waals surface area (Å²) in [6.45, 7) is 2.04. The van der Waals surface area contributed by atoms with Crippen LogP contribution in [0.25, 0.3) is 0 Å². The molecular weight excluding hydrogens is 533 g/mol. The lowest BCUT2D eigenvalue weighted by molar-refractivity contribution is -0.140. The maximum absolute atomic E-state index is 13.8. The Morgan fingerprint density at radius 3 is 2.20 bits per heavy atom. The van der Waals surface area contributed by atoms with E-state index >= 15 is 0 Å². The zero-order valence-electron chi connectivity index (χ0n) is 22.3. The summed E-state index contributed by atoms with van der Waals surface area (Å²) in [7, 11) is 1.47. The molecule has 0 radical (unpaired) electrons. The number of likely N-dealkylation sites (N-methyl/N-ethyl adjacent to an activating group) is 1. The second-order valence-corrected chi connectivity index (χ2v) is 10.7. The maximum Gasteiger partial charge on any atom is 0.419 e. The highest BCUT2D eigenvalue weighted by Crippen LogP contribution is 2.36. The quantitative estimate of drug-likeness (QED) is 0.511. The third kappa shape index (κ3) is 6.62. The van der Waals surface area contributed by atoms with E-state index in [9.17, 15) is 36.3 Å². The fourth-order valence-electron chi connectivity index (χ4n) is 5.90. The largest absolute Gasteiger partial charge is 0.419 e. The molecule has 4 rings (SSSR count). The summed E-state index contributed by atoms with van der Waals surface area (Å²) in [5.41, 5.74) is -1.13. The molecule has 2 unspecified atom stereocenters. The molecule has 1 aliphatic carbocycles. The number of benzene rings is 2. The number of piperidine rings is 1. The molecule has 1 aliphatic heterocycles. The van der Waals surface area contributed by atoms with Crippen LogP contribution in [0.2, 0.25) is 0 Å². The van der Waals surface area contributed by atoms with Gasteiger partial charge in [0.25, 0.3) is 5.91 Å². The average Bonchev–Trinajstić information content (AvgIpc) is 2.92. The number of rotatable bonds is 5. The lowest BCUT2D eigenvalue weighted by Gasteiger charge is -2.44. The predicted molar refractivity (Wildman–Crippen MR) is 137 cm³/mol. The Hall–Kier alpha value is -3.50. The average molecular weight is 566 g/mol. The molecule has 6 nitrogen and oxygen atoms in total. The number of amides is 3. The van der Waals surface area contributed by atoms with Crippen LogP contribution >= 0.6 is 0 Å². The molecule has 1 saturated heterocycles. The van der Waals surface area contributed by atoms with Gasteiger partial charge < -0.3 is 15.1 Å². The third-order valence-corrected chi connectivity index (χ3v) is 8.01. The van der Waals surface area contributed by atoms with Gasteiger partial charge >= 0.3 is 6.18 Å². The number of nitrogens with one attached hydrogen (secondary N) is 1. The van der Waals surface area contributed by atoms with Crippen LogP contribution < -0.4 is 5.32 Å². The Morgan fingerprint density at radius 2 is 1.60 bits per heavy atom. The van der Waals surface area contributed by atoms with E-state index in [1.165, 1.54) is 31.0 Å². The standard InChI is InChI=1S/C29H32F5N3O3/c1-17(38)35-22-10-5-19(6-11-22)28(40)37-14-13-26(23(16-37)18-3-8-21(30)9-4-18)36(2)27(39)20-7-12-25(31)24(15-20)29(32,33)34/h3-4,7-9,12,15,19,22-23,26H,5-6,10-11,13-14,16H2,1-2H3,(H,35,38). The van der Waals surface area contributed by atoms with Crippen molar-refractivity contribution >= 4 is 17.7 Å². The first-order chi connectivity index (χ1) is 18.8. The van der Waals surface area contributed by atoms with Crippen molar-refractivity contribution in [1.82, 2.24) is 15.1 Å². The molecule has 0 spiro atoms. The fourth-order valence-corrected chi connectivity index (χ4v) is 5.90. The van der Waals surface area contributed by atoms with Crippen LogP contribution in [0.5, 0.6) is 0 Å². The van der Waals surface area contributed by atoms with Crippen molar-refractivity contribution in [3.05, 3.63) is 70.8 Å². The summed E-state index contributed by atoms with van der Waals surface area (Å²) in [4.78, 5) is 41.2. The number of likely N-dealkylation sites (tertiary alicyclic amines) is 1. The topological polar surface area (TPSA) is 69.7 Å². The van der Waals surface area contributed by atoms with E-state index in [0.717, 1.165) is 6.07 Å². The minimum Gasteiger partial charge on any atom is -0.354 e. The molecular formula is C29H32F5N3O3. The Labute approximate surface area is 229 Å². The Kier molecular flexibility index (Phi) is 8.80. The van der Waals surface area contributed by atoms with Crippen molar-refractivity contribution < 1.29 is 36.3 Å². The van der Waals surface area contributed by atoms with Crippen molar-refractivity contribution in [3.63, 3.8) is 0 Å². The molecule has 1 heterocycles. The highest BCUT2D eigenvalue weighted by molar-refractivity contribution is 5.94. The van der Waals surface area contributed by atoms with Crippen molar-refractivity contribution in [2.24, 2.45) is 5.92 Å². The van der Waals surface area contributed by atoms with Crippen molar-refractivity contribution in [2.75, 3.05) is 20.1 Å². The molecule has 3 amide bonds. The molecule has 0 aromatic heterocycles. The maximum atomic E-state index is 13.8. The van der Waals surface area contributed by atoms with E-state index in [4.69, 9.17) is 0 Å². The molecule has 2 atom stereocenters. The van der Waals surface area contributed by atoms with Gasteiger partial charge in [0.15, 0.2) is 0 Å². The van der Waals surface area contributed by atoms with Gasteiger partial charge in [0.05, 0.1) is 5.56 Å². The Balaban J connectivity index is 1.53. The number of carbonyl (C=O) groups excluding carboxylic acids is 3. The van der Waals surface area contributed by atoms with Gasteiger partial charge in [-0.25, -0.2) is 8.78 Å². The van der Waals surface area contributed by atoms with Crippen molar-refractivity contribution in [1.29, 1.82) is 0 Å². The van der Waals surface area contributed by atoms with Crippen LogP contribution in [-0.2, 0) is 15.8 Å². The van der Waals surface area contributed by atoms with E-state index in [0.29, 0.717) is 56.3 Å². The molecule has 40 heavy (non-hydrogen) atoms. The van der Waals surface area contributed by atoms with E-state index < -0.39 is 41.2 Å². The minimum atomic E-state index is -4.96. The van der Waals surface area contributed by atoms with Gasteiger partial charge in [0, 0.05) is 56.5 Å². The first-order valence-electron chi connectivity index (χ1n) is 13.3. The van der Waals surface area contributed by atoms with Gasteiger partial charge in [-0.15, -0.1) is 0 Å². The molecule has 1 saturated carbocycles. The smallest absolute Gasteiger partial charge is 0.354 e. The summed E-state index contributed by atoms with van der Waals surface area (Å²) in [5, 5.41) is 2.90. The first-order valence-corrected chi connectivity index (χ1v) is 13.3. The number of carbonyl (C=O) groups is 3. The lowest BCUT2D eigenvalue weighted by atomic mass is 9.82. The molecule has 2 aromatic rings. The van der Waals surface area contributed by atoms with Crippen LogP contribution in [0.1, 0.15) is 66.4 Å².